The van der Waals surface area contributed by atoms with Crippen molar-refractivity contribution in [1.29, 1.82) is 0 Å². The number of Topliss-reactive ketones (excluding diaryl/α,β-unsaturated/α-hetero) is 1. The fraction of sp³-hybridized carbons (Fsp3) is 0.833. The number of ketones is 1. The molecule has 0 aromatic rings. The van der Waals surface area contributed by atoms with Crippen molar-refractivity contribution >= 4 is 15.0 Å². The Morgan fingerprint density at radius 1 is 1.78 bits per heavy atom. The third-order valence-electron chi connectivity index (χ3n) is 0.946. The maximum atomic E-state index is 10.7. The molecule has 9 heavy (non-hydrogen) atoms. The number of carbonyl (C=O) groups excluding carboxylic acids is 1. The third-order valence-corrected chi connectivity index (χ3v) is 1.23. The van der Waals surface area contributed by atoms with Gasteiger partial charge in [-0.05, 0) is 13.1 Å². The average molecular weight is 148 g/mol. The minimum Gasteiger partial charge on any atom is -0.393 e. The van der Waals surface area contributed by atoms with Gasteiger partial charge in [0.25, 0.3) is 0 Å². The molecule has 0 saturated carbocycles. The lowest BCUT2D eigenvalue weighted by Gasteiger charge is -1.99. The van der Waals surface area contributed by atoms with Crippen LogP contribution in [0.4, 0.5) is 0 Å². The van der Waals surface area contributed by atoms with Gasteiger partial charge in [-0.25, -0.2) is 0 Å². The van der Waals surface area contributed by atoms with Gasteiger partial charge in [0.05, 0.1) is 6.10 Å². The van der Waals surface area contributed by atoms with Gasteiger partial charge in [-0.3, -0.25) is 4.79 Å². The van der Waals surface area contributed by atoms with Crippen LogP contribution in [0, 0.1) is 0 Å². The van der Waals surface area contributed by atoms with Gasteiger partial charge in [-0.2, -0.15) is 0 Å². The van der Waals surface area contributed by atoms with Gasteiger partial charge >= 0.3 is 0 Å². The molecule has 0 aliphatic heterocycles. The maximum absolute atomic E-state index is 10.7. The topological polar surface area (TPSA) is 37.3 Å². The van der Waals surface area contributed by atoms with E-state index in [1.165, 1.54) is 0 Å². The minimum atomic E-state index is -0.478. The summed E-state index contributed by atoms with van der Waals surface area (Å²) in [7, 11) is 2.48. The summed E-state index contributed by atoms with van der Waals surface area (Å²) in [6, 6.07) is 0. The quantitative estimate of drug-likeness (QED) is 0.592. The van der Waals surface area contributed by atoms with E-state index < -0.39 is 6.10 Å². The Balaban J connectivity index is 3.27. The SMILES string of the molecule is CC(O)CC(=O)CCP. The molecule has 2 unspecified atom stereocenters. The molecule has 0 aliphatic carbocycles. The second-order valence-corrected chi connectivity index (χ2v) is 2.71. The molecule has 0 aromatic heterocycles. The summed E-state index contributed by atoms with van der Waals surface area (Å²) in [6.45, 7) is 1.63. The summed E-state index contributed by atoms with van der Waals surface area (Å²) in [5.41, 5.74) is 0. The van der Waals surface area contributed by atoms with Crippen LogP contribution in [0.15, 0.2) is 0 Å². The predicted octanol–water partition coefficient (Wildman–Crippen LogP) is 0.592. The minimum absolute atomic E-state index is 0.139. The number of aliphatic hydroxyl groups is 1. The molecule has 0 rings (SSSR count). The van der Waals surface area contributed by atoms with Crippen molar-refractivity contribution < 1.29 is 9.90 Å². The maximum Gasteiger partial charge on any atom is 0.135 e. The highest BCUT2D eigenvalue weighted by atomic mass is 31.0. The van der Waals surface area contributed by atoms with Crippen molar-refractivity contribution in [1.82, 2.24) is 0 Å². The number of hydrogen-bond donors (Lipinski definition) is 1. The highest BCUT2D eigenvalue weighted by Crippen LogP contribution is 1.97. The highest BCUT2D eigenvalue weighted by molar-refractivity contribution is 7.16. The second kappa shape index (κ2) is 4.89. The zero-order valence-electron chi connectivity index (χ0n) is 5.63. The van der Waals surface area contributed by atoms with Crippen LogP contribution in [0.25, 0.3) is 0 Å². The van der Waals surface area contributed by atoms with Crippen LogP contribution in [0.2, 0.25) is 0 Å². The lowest BCUT2D eigenvalue weighted by Crippen LogP contribution is -2.09. The van der Waals surface area contributed by atoms with Gasteiger partial charge in [-0.15, -0.1) is 9.24 Å². The number of rotatable bonds is 4. The van der Waals surface area contributed by atoms with Gasteiger partial charge < -0.3 is 5.11 Å². The van der Waals surface area contributed by atoms with Crippen LogP contribution in [-0.2, 0) is 4.79 Å². The lowest BCUT2D eigenvalue weighted by molar-refractivity contribution is -0.120. The Morgan fingerprint density at radius 3 is 2.67 bits per heavy atom. The van der Waals surface area contributed by atoms with E-state index >= 15 is 0 Å². The summed E-state index contributed by atoms with van der Waals surface area (Å²) in [4.78, 5) is 10.7. The van der Waals surface area contributed by atoms with Crippen molar-refractivity contribution in [2.24, 2.45) is 0 Å². The zero-order chi connectivity index (χ0) is 7.28. The molecule has 0 aromatic carbocycles. The summed E-state index contributed by atoms with van der Waals surface area (Å²) < 4.78 is 0. The van der Waals surface area contributed by atoms with Crippen molar-refractivity contribution in [3.63, 3.8) is 0 Å². The second-order valence-electron chi connectivity index (χ2n) is 2.13. The van der Waals surface area contributed by atoms with Crippen LogP contribution < -0.4 is 0 Å². The fourth-order valence-electron chi connectivity index (χ4n) is 0.593. The van der Waals surface area contributed by atoms with Gasteiger partial charge in [0.1, 0.15) is 5.78 Å². The molecule has 0 bridgehead atoms. The van der Waals surface area contributed by atoms with E-state index in [1.807, 2.05) is 0 Å². The molecule has 0 radical (unpaired) electrons. The van der Waals surface area contributed by atoms with Crippen molar-refractivity contribution in [2.45, 2.75) is 25.9 Å². The van der Waals surface area contributed by atoms with Crippen LogP contribution in [-0.4, -0.2) is 23.2 Å². The van der Waals surface area contributed by atoms with Crippen LogP contribution in [0.3, 0.4) is 0 Å². The monoisotopic (exact) mass is 148 g/mol. The summed E-state index contributed by atoms with van der Waals surface area (Å²) in [5, 5.41) is 8.72. The van der Waals surface area contributed by atoms with Gasteiger partial charge in [0.2, 0.25) is 0 Å². The molecule has 0 fully saturated rings. The first-order valence-corrected chi connectivity index (χ1v) is 3.88. The van der Waals surface area contributed by atoms with E-state index in [1.54, 1.807) is 6.92 Å². The highest BCUT2D eigenvalue weighted by Gasteiger charge is 2.03. The first-order valence-electron chi connectivity index (χ1n) is 3.06. The Bertz CT molecular complexity index is 91.1. The standard InChI is InChI=1S/C6H13O2P/c1-5(7)4-6(8)2-3-9/h5,7H,2-4,9H2,1H3. The van der Waals surface area contributed by atoms with Crippen molar-refractivity contribution in [2.75, 3.05) is 6.16 Å². The molecular weight excluding hydrogens is 135 g/mol. The Labute approximate surface area is 57.8 Å². The van der Waals surface area contributed by atoms with E-state index in [4.69, 9.17) is 5.11 Å². The van der Waals surface area contributed by atoms with Crippen LogP contribution >= 0.6 is 9.24 Å². The van der Waals surface area contributed by atoms with E-state index in [0.717, 1.165) is 6.16 Å². The molecular formula is C6H13O2P. The number of aliphatic hydroxyl groups excluding tert-OH is 1. The molecule has 0 saturated heterocycles. The molecule has 2 atom stereocenters. The molecule has 54 valence electrons. The number of carbonyl (C=O) groups is 1. The Kier molecular flexibility index (Phi) is 4.93. The van der Waals surface area contributed by atoms with Crippen molar-refractivity contribution in [3.05, 3.63) is 0 Å². The predicted molar refractivity (Wildman–Crippen MR) is 40.5 cm³/mol. The van der Waals surface area contributed by atoms with Gasteiger partial charge in [0, 0.05) is 12.8 Å². The first kappa shape index (κ1) is 9.06. The van der Waals surface area contributed by atoms with E-state index in [0.29, 0.717) is 12.8 Å². The molecule has 1 N–H and O–H groups in total. The van der Waals surface area contributed by atoms with Gasteiger partial charge in [0.15, 0.2) is 0 Å². The Morgan fingerprint density at radius 2 is 2.33 bits per heavy atom. The van der Waals surface area contributed by atoms with Crippen molar-refractivity contribution in [3.8, 4) is 0 Å². The summed E-state index contributed by atoms with van der Waals surface area (Å²) in [6.07, 6.45) is 1.18. The number of hydrogen-bond acceptors (Lipinski definition) is 2. The third kappa shape index (κ3) is 5.94. The average Bonchev–Trinajstić information content (AvgIpc) is 1.63. The summed E-state index contributed by atoms with van der Waals surface area (Å²) >= 11 is 0. The Hall–Kier alpha value is 0.0600. The lowest BCUT2D eigenvalue weighted by atomic mass is 10.2. The molecule has 2 nitrogen and oxygen atoms in total. The first-order chi connectivity index (χ1) is 4.16. The normalized spacial score (nSPS) is 13.2. The largest absolute Gasteiger partial charge is 0.393 e. The molecule has 0 aliphatic rings. The zero-order valence-corrected chi connectivity index (χ0v) is 6.79. The smallest absolute Gasteiger partial charge is 0.135 e. The van der Waals surface area contributed by atoms with Gasteiger partial charge in [-0.1, -0.05) is 0 Å². The van der Waals surface area contributed by atoms with Crippen LogP contribution in [0.1, 0.15) is 19.8 Å². The summed E-state index contributed by atoms with van der Waals surface area (Å²) in [5.74, 6) is 0.139. The van der Waals surface area contributed by atoms with Crippen LogP contribution in [0.5, 0.6) is 0 Å². The molecule has 0 amide bonds. The molecule has 3 heteroatoms. The molecule has 0 heterocycles. The van der Waals surface area contributed by atoms with E-state index in [9.17, 15) is 4.79 Å². The fourth-order valence-corrected chi connectivity index (χ4v) is 0.915. The van der Waals surface area contributed by atoms with E-state index in [2.05, 4.69) is 9.24 Å². The molecule has 0 spiro atoms. The van der Waals surface area contributed by atoms with E-state index in [-0.39, 0.29) is 5.78 Å².